The molecule has 5 unspecified atom stereocenters. The van der Waals surface area contributed by atoms with Gasteiger partial charge < -0.3 is 36.6 Å². The zero-order chi connectivity index (χ0) is 31.7. The van der Waals surface area contributed by atoms with Crippen molar-refractivity contribution in [2.45, 2.75) is 50.5 Å². The number of aryl methyl sites for hydroxylation is 1. The average Bonchev–Trinajstić information content (AvgIpc) is 3.39. The molecule has 6 atom stereocenters. The summed E-state index contributed by atoms with van der Waals surface area (Å²) in [6.45, 7) is 3.39. The molecule has 0 spiro atoms. The van der Waals surface area contributed by atoms with E-state index in [1.54, 1.807) is 19.3 Å². The van der Waals surface area contributed by atoms with Gasteiger partial charge in [0.25, 0.3) is 5.91 Å². The highest BCUT2D eigenvalue weighted by atomic mass is 16.4. The number of aromatic hydroxyl groups is 1. The Hall–Kier alpha value is -4.53. The molecule has 2 aromatic rings. The summed E-state index contributed by atoms with van der Waals surface area (Å²) in [6, 6.07) is 1.55. The van der Waals surface area contributed by atoms with Crippen LogP contribution in [0.1, 0.15) is 41.3 Å². The van der Waals surface area contributed by atoms with Crippen LogP contribution in [0.4, 0.5) is 5.69 Å². The maximum Gasteiger partial charge on any atom is 0.255 e. The molecule has 14 heteroatoms. The fourth-order valence-electron chi connectivity index (χ4n) is 6.74. The Morgan fingerprint density at radius 2 is 1.86 bits per heavy atom. The Kier molecular flexibility index (Phi) is 7.19. The number of anilines is 1. The number of nitrogens with one attached hydrogen (secondary N) is 1. The predicted octanol–water partition coefficient (Wildman–Crippen LogP) is 0.0500. The van der Waals surface area contributed by atoms with Gasteiger partial charge in [-0.25, -0.2) is 0 Å². The Labute approximate surface area is 245 Å². The van der Waals surface area contributed by atoms with Gasteiger partial charge in [-0.05, 0) is 43.6 Å². The van der Waals surface area contributed by atoms with Gasteiger partial charge in [-0.3, -0.25) is 28.8 Å². The highest BCUT2D eigenvalue weighted by Gasteiger charge is 2.67. The van der Waals surface area contributed by atoms with E-state index >= 15 is 0 Å². The second-order valence-electron chi connectivity index (χ2n) is 11.4. The number of aliphatic hydroxyl groups is 4. The molecule has 0 saturated heterocycles. The van der Waals surface area contributed by atoms with Crippen LogP contribution < -0.4 is 11.1 Å². The van der Waals surface area contributed by atoms with Gasteiger partial charge in [0.15, 0.2) is 17.1 Å². The van der Waals surface area contributed by atoms with Crippen LogP contribution in [-0.4, -0.2) is 95.4 Å². The first-order chi connectivity index (χ1) is 20.2. The lowest BCUT2D eigenvalue weighted by Crippen LogP contribution is -2.68. The summed E-state index contributed by atoms with van der Waals surface area (Å²) in [7, 11) is 2.93. The molecule has 3 aliphatic carbocycles. The minimum Gasteiger partial charge on any atom is -0.510 e. The van der Waals surface area contributed by atoms with Crippen LogP contribution in [0.2, 0.25) is 0 Å². The smallest absolute Gasteiger partial charge is 0.255 e. The molecule has 14 nitrogen and oxygen atoms in total. The van der Waals surface area contributed by atoms with Gasteiger partial charge in [-0.2, -0.15) is 5.10 Å². The molecular weight excluding hydrogens is 562 g/mol. The van der Waals surface area contributed by atoms with Gasteiger partial charge in [-0.1, -0.05) is 19.9 Å². The third-order valence-corrected chi connectivity index (χ3v) is 8.81. The third-order valence-electron chi connectivity index (χ3n) is 8.81. The van der Waals surface area contributed by atoms with Gasteiger partial charge in [0.05, 0.1) is 35.5 Å². The standard InChI is InChI=1S/C29H33N5O9/c1-5-12-8-31-34(9-12)10-15(35)32-14-7-6-13-11(2)16-18(23(37)17(13)22(14)36)26(40)29(43)20(24(16)38)21(33(3)4)25(39)19(27(29)41)28(30)42/h6-9,11,16,20-21,24,36,38-40,43H,5,10H2,1-4H3,(H2,30,42)(H,32,35)/t11?,16?,20?,21-,24?,29?/m0/s1. The zero-order valence-electron chi connectivity index (χ0n) is 23.9. The number of nitrogens with zero attached hydrogens (tertiary/aromatic N) is 3. The molecule has 0 aliphatic heterocycles. The van der Waals surface area contributed by atoms with Crippen molar-refractivity contribution in [3.05, 3.63) is 63.9 Å². The molecular formula is C29H33N5O9. The van der Waals surface area contributed by atoms with Gasteiger partial charge in [0.2, 0.25) is 11.7 Å². The van der Waals surface area contributed by atoms with Crippen molar-refractivity contribution in [2.24, 2.45) is 17.6 Å². The number of rotatable bonds is 6. The zero-order valence-corrected chi connectivity index (χ0v) is 23.9. The van der Waals surface area contributed by atoms with Crippen molar-refractivity contribution in [3.63, 3.8) is 0 Å². The van der Waals surface area contributed by atoms with Crippen molar-refractivity contribution in [3.8, 4) is 5.75 Å². The van der Waals surface area contributed by atoms with Crippen LogP contribution in [0.3, 0.4) is 0 Å². The lowest BCUT2D eigenvalue weighted by atomic mass is 9.55. The number of carbonyl (C=O) groups is 4. The number of carbonyl (C=O) groups excluding carboxylic acids is 4. The Morgan fingerprint density at radius 3 is 2.44 bits per heavy atom. The molecule has 3 aliphatic rings. The number of phenols is 1. The van der Waals surface area contributed by atoms with Crippen LogP contribution in [0.25, 0.3) is 0 Å². The van der Waals surface area contributed by atoms with Crippen molar-refractivity contribution < 1.29 is 44.7 Å². The minimum absolute atomic E-state index is 0.107. The topological polar surface area (TPSA) is 229 Å². The van der Waals surface area contributed by atoms with E-state index in [1.165, 1.54) is 35.8 Å². The molecule has 5 rings (SSSR count). The Balaban J connectivity index is 1.60. The summed E-state index contributed by atoms with van der Waals surface area (Å²) < 4.78 is 1.42. The number of Topliss-reactive ketones (excluding diaryl/α,β-unsaturated/α-hetero) is 2. The molecule has 1 aromatic carbocycles. The molecule has 0 radical (unpaired) electrons. The van der Waals surface area contributed by atoms with Gasteiger partial charge in [-0.15, -0.1) is 0 Å². The Morgan fingerprint density at radius 1 is 1.19 bits per heavy atom. The van der Waals surface area contributed by atoms with Crippen molar-refractivity contribution in [2.75, 3.05) is 19.4 Å². The fourth-order valence-corrected chi connectivity index (χ4v) is 6.74. The summed E-state index contributed by atoms with van der Waals surface area (Å²) in [5.41, 5.74) is 1.63. The summed E-state index contributed by atoms with van der Waals surface area (Å²) in [5, 5.41) is 63.6. The van der Waals surface area contributed by atoms with Gasteiger partial charge in [0.1, 0.15) is 23.6 Å². The van der Waals surface area contributed by atoms with Crippen molar-refractivity contribution >= 4 is 29.1 Å². The lowest BCUT2D eigenvalue weighted by Gasteiger charge is -2.53. The van der Waals surface area contributed by atoms with E-state index in [4.69, 9.17) is 5.73 Å². The van der Waals surface area contributed by atoms with Gasteiger partial charge in [0, 0.05) is 17.7 Å². The number of aliphatic hydroxyl groups excluding tert-OH is 3. The summed E-state index contributed by atoms with van der Waals surface area (Å²) in [4.78, 5) is 53.7. The highest BCUT2D eigenvalue weighted by Crippen LogP contribution is 2.56. The monoisotopic (exact) mass is 595 g/mol. The number of fused-ring (bicyclic) bond motifs is 3. The highest BCUT2D eigenvalue weighted by molar-refractivity contribution is 6.25. The average molecular weight is 596 g/mol. The van der Waals surface area contributed by atoms with Crippen LogP contribution in [0.15, 0.2) is 47.2 Å². The molecule has 0 saturated carbocycles. The molecule has 2 amide bonds. The van der Waals surface area contributed by atoms with Crippen molar-refractivity contribution in [1.29, 1.82) is 0 Å². The SMILES string of the molecule is CCc1cnn(CC(=O)Nc2ccc3c(c2O)C(=O)C2=C(O)C4(O)C(=O)C(C(N)=O)=C(O)[C@@H](N(C)C)C4C(O)C2C3C)c1. The Bertz CT molecular complexity index is 1640. The van der Waals surface area contributed by atoms with Gasteiger partial charge >= 0.3 is 0 Å². The van der Waals surface area contributed by atoms with E-state index < -0.39 is 87.3 Å². The maximum atomic E-state index is 14.0. The number of nitrogens with two attached hydrogens (primary N) is 1. The van der Waals surface area contributed by atoms with Crippen LogP contribution >= 0.6 is 0 Å². The van der Waals surface area contributed by atoms with E-state index in [2.05, 4.69) is 10.4 Å². The number of hydrogen-bond acceptors (Lipinski definition) is 11. The quantitative estimate of drug-likeness (QED) is 0.174. The third kappa shape index (κ3) is 4.24. The molecule has 0 fully saturated rings. The lowest BCUT2D eigenvalue weighted by molar-refractivity contribution is -0.162. The normalized spacial score (nSPS) is 28.5. The largest absolute Gasteiger partial charge is 0.510 e. The number of aromatic nitrogens is 2. The molecule has 0 bridgehead atoms. The van der Waals surface area contributed by atoms with Crippen LogP contribution in [0, 0.1) is 11.8 Å². The number of primary amides is 1. The molecule has 43 heavy (non-hydrogen) atoms. The number of ketones is 2. The molecule has 228 valence electrons. The number of hydrogen-bond donors (Lipinski definition) is 7. The molecule has 1 aromatic heterocycles. The first kappa shape index (κ1) is 29.9. The molecule has 1 heterocycles. The van der Waals surface area contributed by atoms with E-state index in [9.17, 15) is 44.7 Å². The number of phenolic OH excluding ortho intramolecular Hbond substituents is 1. The second-order valence-corrected chi connectivity index (χ2v) is 11.4. The van der Waals surface area contributed by atoms with Crippen molar-refractivity contribution in [1.82, 2.24) is 14.7 Å². The van der Waals surface area contributed by atoms with Crippen LogP contribution in [0.5, 0.6) is 5.75 Å². The second kappa shape index (κ2) is 10.3. The first-order valence-electron chi connectivity index (χ1n) is 13.7. The first-order valence-corrected chi connectivity index (χ1v) is 13.7. The summed E-state index contributed by atoms with van der Waals surface area (Å²) in [6.07, 6.45) is 2.36. The fraction of sp³-hybridized carbons (Fsp3) is 0.414. The maximum absolute atomic E-state index is 14.0. The van der Waals surface area contributed by atoms with E-state index in [1.807, 2.05) is 6.92 Å². The number of benzene rings is 1. The number of amides is 2. The minimum atomic E-state index is -3.01. The van der Waals surface area contributed by atoms with Crippen LogP contribution in [-0.2, 0) is 27.3 Å². The van der Waals surface area contributed by atoms with E-state index in [0.29, 0.717) is 0 Å². The number of likely N-dealkylation sites (N-methyl/N-ethyl adjacent to an activating group) is 1. The van der Waals surface area contributed by atoms with E-state index in [-0.39, 0.29) is 23.4 Å². The predicted molar refractivity (Wildman–Crippen MR) is 150 cm³/mol. The molecule has 8 N–H and O–H groups in total. The summed E-state index contributed by atoms with van der Waals surface area (Å²) in [5.74, 6) is -10.4. The van der Waals surface area contributed by atoms with E-state index in [0.717, 1.165) is 12.0 Å². The summed E-state index contributed by atoms with van der Waals surface area (Å²) >= 11 is 0.